The zero-order chi connectivity index (χ0) is 15.4. The van der Waals surface area contributed by atoms with Crippen LogP contribution in [0.4, 0.5) is 0 Å². The summed E-state index contributed by atoms with van der Waals surface area (Å²) >= 11 is 4.88. The molecule has 0 radical (unpaired) electrons. The van der Waals surface area contributed by atoms with E-state index in [9.17, 15) is 4.79 Å². The van der Waals surface area contributed by atoms with Gasteiger partial charge in [0.05, 0.1) is 6.42 Å². The minimum atomic E-state index is -0.336. The standard InChI is InChI=1S/C15H11BrN2O3S/c16-11-1-3-12(4-2-11)20-14(19)6-5-13-17-18-15(21-13)10-7-8-22-9-10/h1-4,7-9H,5-6H2. The van der Waals surface area contributed by atoms with E-state index in [1.165, 1.54) is 0 Å². The Morgan fingerprint density at radius 2 is 2.05 bits per heavy atom. The molecule has 0 fully saturated rings. The Kier molecular flexibility index (Phi) is 4.65. The van der Waals surface area contributed by atoms with Crippen LogP contribution in [-0.2, 0) is 11.2 Å². The monoisotopic (exact) mass is 378 g/mol. The fourth-order valence-electron chi connectivity index (χ4n) is 1.75. The third kappa shape index (κ3) is 3.80. The highest BCUT2D eigenvalue weighted by Gasteiger charge is 2.12. The third-order valence-corrected chi connectivity index (χ3v) is 4.04. The lowest BCUT2D eigenvalue weighted by Gasteiger charge is -2.02. The molecule has 112 valence electrons. The minimum Gasteiger partial charge on any atom is -0.427 e. The van der Waals surface area contributed by atoms with Gasteiger partial charge in [-0.2, -0.15) is 11.3 Å². The van der Waals surface area contributed by atoms with Crippen LogP contribution in [0.2, 0.25) is 0 Å². The van der Waals surface area contributed by atoms with E-state index in [4.69, 9.17) is 9.15 Å². The van der Waals surface area contributed by atoms with Crippen LogP contribution in [0.5, 0.6) is 5.75 Å². The third-order valence-electron chi connectivity index (χ3n) is 2.82. The first-order valence-electron chi connectivity index (χ1n) is 6.52. The van der Waals surface area contributed by atoms with Crippen LogP contribution < -0.4 is 4.74 Å². The Morgan fingerprint density at radius 1 is 1.23 bits per heavy atom. The summed E-state index contributed by atoms with van der Waals surface area (Å²) in [7, 11) is 0. The van der Waals surface area contributed by atoms with Crippen molar-refractivity contribution >= 4 is 33.2 Å². The van der Waals surface area contributed by atoms with Crippen LogP contribution in [0, 0.1) is 0 Å². The molecular weight excluding hydrogens is 368 g/mol. The number of halogens is 1. The molecule has 0 unspecified atom stereocenters. The van der Waals surface area contributed by atoms with Gasteiger partial charge < -0.3 is 9.15 Å². The molecule has 0 saturated carbocycles. The molecule has 0 saturated heterocycles. The van der Waals surface area contributed by atoms with Gasteiger partial charge in [-0.15, -0.1) is 10.2 Å². The molecule has 3 aromatic rings. The van der Waals surface area contributed by atoms with Crippen molar-refractivity contribution in [1.82, 2.24) is 10.2 Å². The first kappa shape index (κ1) is 14.9. The highest BCUT2D eigenvalue weighted by Crippen LogP contribution is 2.21. The minimum absolute atomic E-state index is 0.182. The van der Waals surface area contributed by atoms with Gasteiger partial charge in [0.1, 0.15) is 5.75 Å². The number of hydrogen-bond donors (Lipinski definition) is 0. The predicted molar refractivity (Wildman–Crippen MR) is 85.7 cm³/mol. The van der Waals surface area contributed by atoms with E-state index in [-0.39, 0.29) is 12.4 Å². The van der Waals surface area contributed by atoms with E-state index in [0.29, 0.717) is 24.0 Å². The molecule has 7 heteroatoms. The fourth-order valence-corrected chi connectivity index (χ4v) is 2.65. The van der Waals surface area contributed by atoms with Crippen molar-refractivity contribution in [3.8, 4) is 17.2 Å². The van der Waals surface area contributed by atoms with Crippen LogP contribution >= 0.6 is 27.3 Å². The summed E-state index contributed by atoms with van der Waals surface area (Å²) in [5.74, 6) is 1.07. The van der Waals surface area contributed by atoms with E-state index in [2.05, 4.69) is 26.1 Å². The second-order valence-corrected chi connectivity index (χ2v) is 6.14. The number of aryl methyl sites for hydroxylation is 1. The molecule has 2 aromatic heterocycles. The highest BCUT2D eigenvalue weighted by molar-refractivity contribution is 9.10. The van der Waals surface area contributed by atoms with Crippen molar-refractivity contribution in [2.45, 2.75) is 12.8 Å². The van der Waals surface area contributed by atoms with Crippen molar-refractivity contribution in [2.75, 3.05) is 0 Å². The number of rotatable bonds is 5. The average Bonchev–Trinajstić information content (AvgIpc) is 3.18. The molecule has 0 aliphatic heterocycles. The van der Waals surface area contributed by atoms with Crippen LogP contribution in [0.1, 0.15) is 12.3 Å². The first-order chi connectivity index (χ1) is 10.7. The first-order valence-corrected chi connectivity index (χ1v) is 8.25. The van der Waals surface area contributed by atoms with E-state index in [0.717, 1.165) is 10.0 Å². The summed E-state index contributed by atoms with van der Waals surface area (Å²) < 4.78 is 11.7. The lowest BCUT2D eigenvalue weighted by molar-refractivity contribution is -0.134. The zero-order valence-corrected chi connectivity index (χ0v) is 13.8. The molecule has 0 atom stereocenters. The van der Waals surface area contributed by atoms with Crippen molar-refractivity contribution in [1.29, 1.82) is 0 Å². The smallest absolute Gasteiger partial charge is 0.311 e. The molecule has 0 bridgehead atoms. The van der Waals surface area contributed by atoms with Gasteiger partial charge in [0.2, 0.25) is 11.8 Å². The average molecular weight is 379 g/mol. The summed E-state index contributed by atoms with van der Waals surface area (Å²) in [5, 5.41) is 11.8. The van der Waals surface area contributed by atoms with E-state index in [1.54, 1.807) is 23.5 Å². The van der Waals surface area contributed by atoms with Crippen molar-refractivity contribution in [3.63, 3.8) is 0 Å². The second-order valence-electron chi connectivity index (χ2n) is 4.44. The molecule has 3 rings (SSSR count). The number of aromatic nitrogens is 2. The topological polar surface area (TPSA) is 65.2 Å². The van der Waals surface area contributed by atoms with E-state index in [1.807, 2.05) is 29.0 Å². The van der Waals surface area contributed by atoms with Crippen molar-refractivity contribution < 1.29 is 13.9 Å². The fraction of sp³-hybridized carbons (Fsp3) is 0.133. The number of ether oxygens (including phenoxy) is 1. The molecule has 0 spiro atoms. The van der Waals surface area contributed by atoms with Gasteiger partial charge >= 0.3 is 5.97 Å². The second kappa shape index (κ2) is 6.85. The van der Waals surface area contributed by atoms with Crippen molar-refractivity contribution in [3.05, 3.63) is 51.5 Å². The summed E-state index contributed by atoms with van der Waals surface area (Å²) in [6.07, 6.45) is 0.536. The molecule has 0 aliphatic rings. The largest absolute Gasteiger partial charge is 0.427 e. The highest BCUT2D eigenvalue weighted by atomic mass is 79.9. The Hall–Kier alpha value is -1.99. The lowest BCUT2D eigenvalue weighted by Crippen LogP contribution is -2.09. The van der Waals surface area contributed by atoms with Gasteiger partial charge in [-0.25, -0.2) is 0 Å². The maximum absolute atomic E-state index is 11.8. The molecule has 0 N–H and O–H groups in total. The van der Waals surface area contributed by atoms with E-state index < -0.39 is 0 Å². The molecule has 22 heavy (non-hydrogen) atoms. The Labute approximate surface area is 139 Å². The maximum Gasteiger partial charge on any atom is 0.311 e. The number of benzene rings is 1. The Morgan fingerprint density at radius 3 is 2.77 bits per heavy atom. The predicted octanol–water partition coefficient (Wildman–Crippen LogP) is 4.10. The molecule has 0 aliphatic carbocycles. The van der Waals surface area contributed by atoms with Gasteiger partial charge in [-0.3, -0.25) is 4.79 Å². The van der Waals surface area contributed by atoms with Crippen LogP contribution in [0.3, 0.4) is 0 Å². The summed E-state index contributed by atoms with van der Waals surface area (Å²) in [6.45, 7) is 0. The lowest BCUT2D eigenvalue weighted by atomic mass is 10.3. The van der Waals surface area contributed by atoms with Crippen LogP contribution in [-0.4, -0.2) is 16.2 Å². The summed E-state index contributed by atoms with van der Waals surface area (Å²) in [4.78, 5) is 11.8. The number of carbonyl (C=O) groups is 1. The van der Waals surface area contributed by atoms with Gasteiger partial charge in [-0.1, -0.05) is 15.9 Å². The molecular formula is C15H11BrN2O3S. The molecule has 0 amide bonds. The molecule has 1 aromatic carbocycles. The number of hydrogen-bond acceptors (Lipinski definition) is 6. The van der Waals surface area contributed by atoms with Crippen molar-refractivity contribution in [2.24, 2.45) is 0 Å². The number of nitrogens with zero attached hydrogens (tertiary/aromatic N) is 2. The van der Waals surface area contributed by atoms with E-state index >= 15 is 0 Å². The van der Waals surface area contributed by atoms with Gasteiger partial charge in [0.15, 0.2) is 0 Å². The Balaban J connectivity index is 1.54. The SMILES string of the molecule is O=C(CCc1nnc(-c2ccsc2)o1)Oc1ccc(Br)cc1. The summed E-state index contributed by atoms with van der Waals surface area (Å²) in [5.41, 5.74) is 0.890. The summed E-state index contributed by atoms with van der Waals surface area (Å²) in [6, 6.07) is 8.98. The number of esters is 1. The Bertz CT molecular complexity index is 753. The number of thiophene rings is 1. The number of carbonyl (C=O) groups excluding carboxylic acids is 1. The van der Waals surface area contributed by atoms with Gasteiger partial charge in [0, 0.05) is 21.8 Å². The molecule has 2 heterocycles. The van der Waals surface area contributed by atoms with Gasteiger partial charge in [-0.05, 0) is 35.7 Å². The molecule has 5 nitrogen and oxygen atoms in total. The quantitative estimate of drug-likeness (QED) is 0.493. The van der Waals surface area contributed by atoms with Gasteiger partial charge in [0.25, 0.3) is 0 Å². The maximum atomic E-state index is 11.8. The zero-order valence-electron chi connectivity index (χ0n) is 11.4. The van der Waals surface area contributed by atoms with Crippen LogP contribution in [0.15, 0.2) is 50.0 Å². The van der Waals surface area contributed by atoms with Crippen LogP contribution in [0.25, 0.3) is 11.5 Å². The normalized spacial score (nSPS) is 10.6.